The van der Waals surface area contributed by atoms with Gasteiger partial charge < -0.3 is 14.7 Å². The number of likely N-dealkylation sites (tertiary alicyclic amines) is 1. The molecule has 2 aliphatic heterocycles. The number of amides is 2. The standard InChI is InChI=1S/C28H36N4O2/c1-27(2,3)22-9-7-21(8-10-22)25(33)31-14-11-28(12-15-31)20-23(28)26(34)32-18-16-30(17-19-32)24-6-4-5-13-29-24/h4-10,13,23H,11-12,14-20H2,1-3H3/t23-/m0/s1. The van der Waals surface area contributed by atoms with E-state index in [9.17, 15) is 9.59 Å². The Morgan fingerprint density at radius 2 is 1.56 bits per heavy atom. The summed E-state index contributed by atoms with van der Waals surface area (Å²) in [4.78, 5) is 37.0. The van der Waals surface area contributed by atoms with Crippen molar-refractivity contribution < 1.29 is 9.59 Å². The molecular formula is C28H36N4O2. The number of piperidine rings is 1. The van der Waals surface area contributed by atoms with Crippen molar-refractivity contribution in [2.75, 3.05) is 44.2 Å². The van der Waals surface area contributed by atoms with Gasteiger partial charge in [0.15, 0.2) is 0 Å². The highest BCUT2D eigenvalue weighted by Crippen LogP contribution is 2.60. The second kappa shape index (κ2) is 8.71. The molecule has 34 heavy (non-hydrogen) atoms. The van der Waals surface area contributed by atoms with Crippen molar-refractivity contribution in [1.82, 2.24) is 14.8 Å². The van der Waals surface area contributed by atoms with Crippen molar-refractivity contribution in [3.05, 3.63) is 59.8 Å². The van der Waals surface area contributed by atoms with Crippen LogP contribution < -0.4 is 4.90 Å². The molecule has 0 radical (unpaired) electrons. The predicted molar refractivity (Wildman–Crippen MR) is 134 cm³/mol. The first-order valence-electron chi connectivity index (χ1n) is 12.6. The van der Waals surface area contributed by atoms with Gasteiger partial charge in [0, 0.05) is 56.9 Å². The number of carbonyl (C=O) groups excluding carboxylic acids is 2. The lowest BCUT2D eigenvalue weighted by molar-refractivity contribution is -0.134. The summed E-state index contributed by atoms with van der Waals surface area (Å²) < 4.78 is 0. The van der Waals surface area contributed by atoms with Crippen LogP contribution in [0.3, 0.4) is 0 Å². The molecule has 2 amide bonds. The molecule has 6 nitrogen and oxygen atoms in total. The Balaban J connectivity index is 1.12. The first-order valence-corrected chi connectivity index (χ1v) is 12.6. The van der Waals surface area contributed by atoms with E-state index in [1.165, 1.54) is 5.56 Å². The zero-order valence-electron chi connectivity index (χ0n) is 20.7. The predicted octanol–water partition coefficient (Wildman–Crippen LogP) is 3.97. The number of rotatable bonds is 3. The smallest absolute Gasteiger partial charge is 0.253 e. The van der Waals surface area contributed by atoms with Crippen molar-refractivity contribution in [2.24, 2.45) is 11.3 Å². The second-order valence-corrected chi connectivity index (χ2v) is 11.2. The summed E-state index contributed by atoms with van der Waals surface area (Å²) in [6.45, 7) is 11.2. The largest absolute Gasteiger partial charge is 0.353 e. The molecule has 3 heterocycles. The zero-order valence-corrected chi connectivity index (χ0v) is 20.7. The highest BCUT2D eigenvalue weighted by Gasteiger charge is 2.59. The van der Waals surface area contributed by atoms with E-state index in [4.69, 9.17) is 0 Å². The summed E-state index contributed by atoms with van der Waals surface area (Å²) in [6.07, 6.45) is 4.67. The number of nitrogens with zero attached hydrogens (tertiary/aromatic N) is 4. The lowest BCUT2D eigenvalue weighted by atomic mass is 9.86. The van der Waals surface area contributed by atoms with E-state index in [1.54, 1.807) is 0 Å². The van der Waals surface area contributed by atoms with E-state index in [1.807, 2.05) is 46.3 Å². The van der Waals surface area contributed by atoms with Crippen molar-refractivity contribution in [1.29, 1.82) is 0 Å². The molecule has 3 fully saturated rings. The van der Waals surface area contributed by atoms with Crippen molar-refractivity contribution in [3.8, 4) is 0 Å². The van der Waals surface area contributed by atoms with Gasteiger partial charge in [0.2, 0.25) is 5.91 Å². The first kappa shape index (κ1) is 22.9. The highest BCUT2D eigenvalue weighted by molar-refractivity contribution is 5.94. The molecule has 1 aromatic carbocycles. The van der Waals surface area contributed by atoms with E-state index < -0.39 is 0 Å². The SMILES string of the molecule is CC(C)(C)c1ccc(C(=O)N2CCC3(CC2)C[C@H]3C(=O)N2CCN(c3ccccn3)CC2)cc1. The Morgan fingerprint density at radius 3 is 2.15 bits per heavy atom. The third-order valence-corrected chi connectivity index (χ3v) is 8.10. The van der Waals surface area contributed by atoms with Crippen LogP contribution in [-0.2, 0) is 10.2 Å². The van der Waals surface area contributed by atoms with Gasteiger partial charge in [0.1, 0.15) is 5.82 Å². The van der Waals surface area contributed by atoms with Gasteiger partial charge in [0.05, 0.1) is 0 Å². The molecule has 180 valence electrons. The fraction of sp³-hybridized carbons (Fsp3) is 0.536. The lowest BCUT2D eigenvalue weighted by Crippen LogP contribution is -2.50. The van der Waals surface area contributed by atoms with Crippen LogP contribution in [0.25, 0.3) is 0 Å². The molecule has 1 saturated carbocycles. The minimum absolute atomic E-state index is 0.0810. The molecule has 5 rings (SSSR count). The maximum absolute atomic E-state index is 13.2. The number of piperazine rings is 1. The fourth-order valence-electron chi connectivity index (χ4n) is 5.62. The van der Waals surface area contributed by atoms with Gasteiger partial charge >= 0.3 is 0 Å². The summed E-state index contributed by atoms with van der Waals surface area (Å²) in [7, 11) is 0. The number of benzene rings is 1. The molecule has 2 saturated heterocycles. The Kier molecular flexibility index (Phi) is 5.86. The van der Waals surface area contributed by atoms with E-state index in [-0.39, 0.29) is 22.7 Å². The summed E-state index contributed by atoms with van der Waals surface area (Å²) in [6, 6.07) is 14.0. The number of pyridine rings is 1. The lowest BCUT2D eigenvalue weighted by Gasteiger charge is -2.37. The van der Waals surface area contributed by atoms with Gasteiger partial charge in [-0.3, -0.25) is 9.59 Å². The van der Waals surface area contributed by atoms with Crippen LogP contribution in [0.2, 0.25) is 0 Å². The maximum atomic E-state index is 13.2. The molecule has 3 aliphatic rings. The molecule has 6 heteroatoms. The molecule has 0 unspecified atom stereocenters. The molecular weight excluding hydrogens is 424 g/mol. The molecule has 1 aromatic heterocycles. The minimum Gasteiger partial charge on any atom is -0.353 e. The number of anilines is 1. The number of carbonyl (C=O) groups is 2. The van der Waals surface area contributed by atoms with Crippen molar-refractivity contribution in [2.45, 2.75) is 45.4 Å². The molecule has 0 N–H and O–H groups in total. The van der Waals surface area contributed by atoms with Crippen LogP contribution in [-0.4, -0.2) is 65.9 Å². The van der Waals surface area contributed by atoms with Crippen LogP contribution in [0, 0.1) is 11.3 Å². The minimum atomic E-state index is 0.0810. The highest BCUT2D eigenvalue weighted by atomic mass is 16.2. The zero-order chi connectivity index (χ0) is 23.9. The Morgan fingerprint density at radius 1 is 0.882 bits per heavy atom. The van der Waals surface area contributed by atoms with Crippen LogP contribution >= 0.6 is 0 Å². The molecule has 0 bridgehead atoms. The van der Waals surface area contributed by atoms with Crippen LogP contribution in [0.15, 0.2) is 48.7 Å². The van der Waals surface area contributed by atoms with Crippen molar-refractivity contribution >= 4 is 17.6 Å². The maximum Gasteiger partial charge on any atom is 0.253 e. The monoisotopic (exact) mass is 460 g/mol. The van der Waals surface area contributed by atoms with E-state index in [0.717, 1.165) is 69.9 Å². The Hall–Kier alpha value is -2.89. The quantitative estimate of drug-likeness (QED) is 0.696. The van der Waals surface area contributed by atoms with Gasteiger partial charge in [-0.15, -0.1) is 0 Å². The third kappa shape index (κ3) is 4.42. The summed E-state index contributed by atoms with van der Waals surface area (Å²) in [5.41, 5.74) is 2.19. The molecule has 1 aliphatic carbocycles. The number of aromatic nitrogens is 1. The Labute approximate surface area is 202 Å². The topological polar surface area (TPSA) is 56.8 Å². The van der Waals surface area contributed by atoms with Gasteiger partial charge in [0.25, 0.3) is 5.91 Å². The van der Waals surface area contributed by atoms with E-state index in [2.05, 4.69) is 42.8 Å². The average molecular weight is 461 g/mol. The third-order valence-electron chi connectivity index (χ3n) is 8.10. The summed E-state index contributed by atoms with van der Waals surface area (Å²) in [5.74, 6) is 1.56. The summed E-state index contributed by atoms with van der Waals surface area (Å²) >= 11 is 0. The second-order valence-electron chi connectivity index (χ2n) is 11.2. The first-order chi connectivity index (χ1) is 16.3. The van der Waals surface area contributed by atoms with E-state index in [0.29, 0.717) is 5.91 Å². The van der Waals surface area contributed by atoms with Crippen LogP contribution in [0.5, 0.6) is 0 Å². The molecule has 1 atom stereocenters. The number of hydrogen-bond acceptors (Lipinski definition) is 4. The fourth-order valence-corrected chi connectivity index (χ4v) is 5.62. The average Bonchev–Trinajstić information content (AvgIpc) is 3.56. The van der Waals surface area contributed by atoms with Gasteiger partial charge in [-0.05, 0) is 59.9 Å². The summed E-state index contributed by atoms with van der Waals surface area (Å²) in [5, 5.41) is 0. The van der Waals surface area contributed by atoms with Gasteiger partial charge in [-0.2, -0.15) is 0 Å². The van der Waals surface area contributed by atoms with Crippen molar-refractivity contribution in [3.63, 3.8) is 0 Å². The molecule has 2 aromatic rings. The number of hydrogen-bond donors (Lipinski definition) is 0. The van der Waals surface area contributed by atoms with Gasteiger partial charge in [-0.25, -0.2) is 4.98 Å². The van der Waals surface area contributed by atoms with Gasteiger partial charge in [-0.1, -0.05) is 39.0 Å². The van der Waals surface area contributed by atoms with E-state index >= 15 is 0 Å². The normalized spacial score (nSPS) is 22.1. The van der Waals surface area contributed by atoms with Crippen LogP contribution in [0.4, 0.5) is 5.82 Å². The van der Waals surface area contributed by atoms with Crippen LogP contribution in [0.1, 0.15) is 56.0 Å². The Bertz CT molecular complexity index is 1030. The molecule has 1 spiro atoms.